The number of benzene rings is 1. The summed E-state index contributed by atoms with van der Waals surface area (Å²) in [6.07, 6.45) is 2.71. The largest absolute Gasteiger partial charge is 0.438 e. The molecule has 1 aliphatic heterocycles. The number of hydrogen-bond acceptors (Lipinski definition) is 8. The first-order valence-corrected chi connectivity index (χ1v) is 12.8. The van der Waals surface area contributed by atoms with Crippen LogP contribution in [0.15, 0.2) is 42.6 Å². The number of fused-ring (bicyclic) bond motifs is 1. The van der Waals surface area contributed by atoms with Gasteiger partial charge < -0.3 is 20.3 Å². The molecule has 2 amide bonds. The second-order valence-corrected chi connectivity index (χ2v) is 10.1. The first kappa shape index (κ1) is 26.3. The van der Waals surface area contributed by atoms with Crippen molar-refractivity contribution >= 4 is 29.0 Å². The molecule has 1 fully saturated rings. The number of likely N-dealkylation sites (tertiary alicyclic amines) is 1. The van der Waals surface area contributed by atoms with Gasteiger partial charge in [-0.3, -0.25) is 19.2 Å². The molecule has 0 radical (unpaired) electrons. The van der Waals surface area contributed by atoms with Crippen LogP contribution in [0.1, 0.15) is 28.2 Å². The Morgan fingerprint density at radius 1 is 1.10 bits per heavy atom. The number of rotatable bonds is 8. The van der Waals surface area contributed by atoms with Gasteiger partial charge in [-0.1, -0.05) is 6.07 Å². The highest BCUT2D eigenvalue weighted by molar-refractivity contribution is 6.03. The molecule has 4 heterocycles. The summed E-state index contributed by atoms with van der Waals surface area (Å²) in [5.74, 6) is 0.920. The maximum atomic E-state index is 12.8. The fourth-order valence-electron chi connectivity index (χ4n) is 4.67. The lowest BCUT2D eigenvalue weighted by Crippen LogP contribution is -2.35. The first-order chi connectivity index (χ1) is 18.6. The molecule has 1 aliphatic rings. The number of nitrogens with one attached hydrogen (secondary N) is 2. The van der Waals surface area contributed by atoms with E-state index in [0.717, 1.165) is 30.8 Å². The lowest BCUT2D eigenvalue weighted by molar-refractivity contribution is -0.117. The van der Waals surface area contributed by atoms with Gasteiger partial charge in [0.05, 0.1) is 18.4 Å². The van der Waals surface area contributed by atoms with Crippen LogP contribution in [0.2, 0.25) is 0 Å². The Balaban J connectivity index is 1.23. The molecule has 12 heteroatoms. The fourth-order valence-corrected chi connectivity index (χ4v) is 4.67. The lowest BCUT2D eigenvalue weighted by Gasteiger charge is -2.19. The molecule has 39 heavy (non-hydrogen) atoms. The number of imidazole rings is 1. The van der Waals surface area contributed by atoms with Gasteiger partial charge in [-0.05, 0) is 58.1 Å². The van der Waals surface area contributed by atoms with Gasteiger partial charge >= 0.3 is 0 Å². The van der Waals surface area contributed by atoms with Crippen LogP contribution in [0, 0.1) is 13.8 Å². The van der Waals surface area contributed by atoms with E-state index in [1.807, 2.05) is 26.0 Å². The average Bonchev–Trinajstić information content (AvgIpc) is 3.59. The lowest BCUT2D eigenvalue weighted by atomic mass is 10.2. The van der Waals surface area contributed by atoms with Gasteiger partial charge in [0.25, 0.3) is 5.91 Å². The highest BCUT2D eigenvalue weighted by Gasteiger charge is 2.25. The van der Waals surface area contributed by atoms with Crippen molar-refractivity contribution in [2.75, 3.05) is 44.4 Å². The Morgan fingerprint density at radius 3 is 2.64 bits per heavy atom. The number of nitrogens with zero attached hydrogens (tertiary/aromatic N) is 7. The molecule has 0 spiro atoms. The number of carbonyl (C=O) groups is 2. The molecule has 204 valence electrons. The van der Waals surface area contributed by atoms with Crippen LogP contribution in [0.4, 0.5) is 11.5 Å². The number of anilines is 2. The molecular formula is C27H33N9O3. The molecule has 1 aromatic carbocycles. The number of aromatic nitrogens is 5. The monoisotopic (exact) mass is 531 g/mol. The summed E-state index contributed by atoms with van der Waals surface area (Å²) in [6.45, 7) is 5.85. The van der Waals surface area contributed by atoms with Crippen molar-refractivity contribution in [2.24, 2.45) is 7.05 Å². The van der Waals surface area contributed by atoms with Crippen LogP contribution in [0.3, 0.4) is 0 Å². The predicted octanol–water partition coefficient (Wildman–Crippen LogP) is 2.70. The van der Waals surface area contributed by atoms with Crippen molar-refractivity contribution in [3.8, 4) is 11.6 Å². The second kappa shape index (κ2) is 10.8. The third kappa shape index (κ3) is 6.07. The SMILES string of the molecule is Cc1cc(C(=O)Nc2cc(Oc3ccc4nc(NC(=O)CN5CC[C@@H](N(C)C)C5)cn4n3)ccc2C)n(C)n1. The molecule has 4 aromatic rings. The van der Waals surface area contributed by atoms with Gasteiger partial charge in [0.1, 0.15) is 11.4 Å². The Morgan fingerprint density at radius 2 is 1.92 bits per heavy atom. The Kier molecular flexibility index (Phi) is 7.31. The second-order valence-electron chi connectivity index (χ2n) is 10.1. The van der Waals surface area contributed by atoms with E-state index in [0.29, 0.717) is 47.1 Å². The third-order valence-electron chi connectivity index (χ3n) is 6.82. The smallest absolute Gasteiger partial charge is 0.273 e. The predicted molar refractivity (Wildman–Crippen MR) is 147 cm³/mol. The average molecular weight is 532 g/mol. The van der Waals surface area contributed by atoms with E-state index in [-0.39, 0.29) is 11.8 Å². The minimum atomic E-state index is -0.256. The number of hydrogen-bond donors (Lipinski definition) is 2. The molecule has 0 bridgehead atoms. The van der Waals surface area contributed by atoms with Gasteiger partial charge in [-0.25, -0.2) is 9.50 Å². The van der Waals surface area contributed by atoms with Crippen LogP contribution < -0.4 is 15.4 Å². The van der Waals surface area contributed by atoms with Crippen LogP contribution in [-0.2, 0) is 11.8 Å². The van der Waals surface area contributed by atoms with Crippen LogP contribution in [0.5, 0.6) is 11.6 Å². The first-order valence-electron chi connectivity index (χ1n) is 12.8. The summed E-state index contributed by atoms with van der Waals surface area (Å²) in [6, 6.07) is 11.1. The van der Waals surface area contributed by atoms with Crippen LogP contribution in [0.25, 0.3) is 5.65 Å². The molecule has 2 N–H and O–H groups in total. The molecule has 0 unspecified atom stereocenters. The maximum absolute atomic E-state index is 12.8. The van der Waals surface area contributed by atoms with Crippen molar-refractivity contribution in [3.05, 3.63) is 59.5 Å². The van der Waals surface area contributed by atoms with Gasteiger partial charge in [-0.2, -0.15) is 5.10 Å². The minimum absolute atomic E-state index is 0.107. The summed E-state index contributed by atoms with van der Waals surface area (Å²) in [5.41, 5.74) is 3.32. The molecule has 12 nitrogen and oxygen atoms in total. The quantitative estimate of drug-likeness (QED) is 0.356. The molecule has 5 rings (SSSR count). The van der Waals surface area contributed by atoms with E-state index in [9.17, 15) is 9.59 Å². The van der Waals surface area contributed by atoms with E-state index in [4.69, 9.17) is 4.74 Å². The number of likely N-dealkylation sites (N-methyl/N-ethyl adjacent to an activating group) is 1. The Hall–Kier alpha value is -4.29. The van der Waals surface area contributed by atoms with E-state index >= 15 is 0 Å². The highest BCUT2D eigenvalue weighted by atomic mass is 16.5. The number of amides is 2. The summed E-state index contributed by atoms with van der Waals surface area (Å²) >= 11 is 0. The number of carbonyl (C=O) groups excluding carboxylic acids is 2. The zero-order valence-corrected chi connectivity index (χ0v) is 22.8. The standard InChI is InChI=1S/C27H33N9O3/c1-17-6-7-20(13-21(17)28-27(38)22-12-18(2)31-34(22)5)39-26-9-8-24-29-23(15-36(24)32-26)30-25(37)16-35-11-10-19(14-35)33(3)4/h6-9,12-13,15,19H,10-11,14,16H2,1-5H3,(H,28,38)(H,30,37)/t19-/m1/s1. The fraction of sp³-hybridized carbons (Fsp3) is 0.370. The molecular weight excluding hydrogens is 498 g/mol. The Labute approximate surface area is 226 Å². The maximum Gasteiger partial charge on any atom is 0.273 e. The van der Waals surface area contributed by atoms with E-state index in [2.05, 4.69) is 49.7 Å². The zero-order chi connectivity index (χ0) is 27.7. The van der Waals surface area contributed by atoms with E-state index in [1.165, 1.54) is 0 Å². The summed E-state index contributed by atoms with van der Waals surface area (Å²) in [4.78, 5) is 34.1. The summed E-state index contributed by atoms with van der Waals surface area (Å²) in [5, 5.41) is 14.5. The van der Waals surface area contributed by atoms with Crippen molar-refractivity contribution in [1.29, 1.82) is 0 Å². The molecule has 1 atom stereocenters. The highest BCUT2D eigenvalue weighted by Crippen LogP contribution is 2.26. The van der Waals surface area contributed by atoms with Gasteiger partial charge in [0.15, 0.2) is 11.5 Å². The van der Waals surface area contributed by atoms with Gasteiger partial charge in [0.2, 0.25) is 11.8 Å². The van der Waals surface area contributed by atoms with Crippen LogP contribution >= 0.6 is 0 Å². The van der Waals surface area contributed by atoms with Gasteiger partial charge in [0, 0.05) is 44.0 Å². The van der Waals surface area contributed by atoms with E-state index < -0.39 is 0 Å². The van der Waals surface area contributed by atoms with Crippen molar-refractivity contribution in [3.63, 3.8) is 0 Å². The van der Waals surface area contributed by atoms with Crippen molar-refractivity contribution in [1.82, 2.24) is 34.2 Å². The summed E-state index contributed by atoms with van der Waals surface area (Å²) in [7, 11) is 5.86. The minimum Gasteiger partial charge on any atom is -0.438 e. The number of aryl methyl sites for hydroxylation is 3. The topological polar surface area (TPSA) is 122 Å². The van der Waals surface area contributed by atoms with Crippen LogP contribution in [-0.4, -0.2) is 85.8 Å². The molecule has 0 saturated carbocycles. The normalized spacial score (nSPS) is 15.7. The number of ether oxygens (including phenoxy) is 1. The molecule has 3 aromatic heterocycles. The third-order valence-corrected chi connectivity index (χ3v) is 6.82. The molecule has 1 saturated heterocycles. The van der Waals surface area contributed by atoms with E-state index in [1.54, 1.807) is 46.7 Å². The van der Waals surface area contributed by atoms with Crippen molar-refractivity contribution < 1.29 is 14.3 Å². The van der Waals surface area contributed by atoms with Crippen molar-refractivity contribution in [2.45, 2.75) is 26.3 Å². The molecule has 0 aliphatic carbocycles. The summed E-state index contributed by atoms with van der Waals surface area (Å²) < 4.78 is 9.09. The Bertz CT molecular complexity index is 1520. The van der Waals surface area contributed by atoms with Gasteiger partial charge in [-0.15, -0.1) is 5.10 Å². The zero-order valence-electron chi connectivity index (χ0n) is 22.8.